The maximum atomic E-state index is 4.45. The molecule has 2 nitrogen and oxygen atoms in total. The molecular weight excluding hydrogens is 208 g/mol. The first-order valence-electron chi connectivity index (χ1n) is 5.60. The quantitative estimate of drug-likeness (QED) is 0.626. The van der Waals surface area contributed by atoms with Gasteiger partial charge < -0.3 is 0 Å². The third kappa shape index (κ3) is 1.89. The van der Waals surface area contributed by atoms with Crippen LogP contribution in [0.3, 0.4) is 0 Å². The van der Waals surface area contributed by atoms with Gasteiger partial charge in [-0.3, -0.25) is 9.97 Å². The molecule has 1 aromatic carbocycles. The molecule has 0 aliphatic rings. The van der Waals surface area contributed by atoms with E-state index in [1.165, 1.54) is 11.1 Å². The molecule has 0 saturated heterocycles. The molecule has 0 amide bonds. The number of pyridine rings is 2. The number of rotatable bonds is 1. The van der Waals surface area contributed by atoms with E-state index < -0.39 is 0 Å². The van der Waals surface area contributed by atoms with Gasteiger partial charge in [-0.05, 0) is 24.6 Å². The zero-order chi connectivity index (χ0) is 11.7. The number of benzene rings is 1. The number of nitrogens with zero attached hydrogens (tertiary/aromatic N) is 2. The molecule has 3 aromatic rings. The first-order valence-corrected chi connectivity index (χ1v) is 5.60. The Bertz CT molecular complexity index is 674. The van der Waals surface area contributed by atoms with Gasteiger partial charge in [0.25, 0.3) is 0 Å². The summed E-state index contributed by atoms with van der Waals surface area (Å²) in [6, 6.07) is 12.5. The Hall–Kier alpha value is -2.22. The SMILES string of the molecule is Cc1cccc(-c2cnc3ccncc3c2)c1. The van der Waals surface area contributed by atoms with E-state index in [1.54, 1.807) is 6.20 Å². The minimum absolute atomic E-state index is 0.983. The van der Waals surface area contributed by atoms with Crippen molar-refractivity contribution in [3.8, 4) is 11.1 Å². The van der Waals surface area contributed by atoms with Crippen LogP contribution in [0.2, 0.25) is 0 Å². The summed E-state index contributed by atoms with van der Waals surface area (Å²) < 4.78 is 0. The summed E-state index contributed by atoms with van der Waals surface area (Å²) in [5, 5.41) is 1.08. The summed E-state index contributed by atoms with van der Waals surface area (Å²) in [5.41, 5.74) is 4.57. The second-order valence-electron chi connectivity index (χ2n) is 4.16. The molecule has 0 radical (unpaired) electrons. The molecule has 0 bridgehead atoms. The Morgan fingerprint density at radius 2 is 1.88 bits per heavy atom. The van der Waals surface area contributed by atoms with E-state index in [9.17, 15) is 0 Å². The van der Waals surface area contributed by atoms with Crippen LogP contribution in [0.5, 0.6) is 0 Å². The van der Waals surface area contributed by atoms with E-state index in [4.69, 9.17) is 0 Å². The van der Waals surface area contributed by atoms with Crippen molar-refractivity contribution in [3.05, 3.63) is 60.6 Å². The second-order valence-corrected chi connectivity index (χ2v) is 4.16. The Labute approximate surface area is 100.0 Å². The normalized spacial score (nSPS) is 10.6. The van der Waals surface area contributed by atoms with Crippen LogP contribution in [-0.2, 0) is 0 Å². The van der Waals surface area contributed by atoms with Crippen molar-refractivity contribution in [2.45, 2.75) is 6.92 Å². The highest BCUT2D eigenvalue weighted by molar-refractivity contribution is 5.82. The van der Waals surface area contributed by atoms with Crippen LogP contribution in [0.1, 0.15) is 5.56 Å². The number of aromatic nitrogens is 2. The predicted molar refractivity (Wildman–Crippen MR) is 69.7 cm³/mol. The van der Waals surface area contributed by atoms with Crippen LogP contribution >= 0.6 is 0 Å². The first kappa shape index (κ1) is 9.97. The zero-order valence-electron chi connectivity index (χ0n) is 9.59. The van der Waals surface area contributed by atoms with E-state index in [0.29, 0.717) is 0 Å². The number of hydrogen-bond acceptors (Lipinski definition) is 2. The van der Waals surface area contributed by atoms with Crippen LogP contribution in [0.4, 0.5) is 0 Å². The van der Waals surface area contributed by atoms with Gasteiger partial charge in [-0.1, -0.05) is 29.8 Å². The lowest BCUT2D eigenvalue weighted by Crippen LogP contribution is -1.84. The Morgan fingerprint density at radius 3 is 2.76 bits per heavy atom. The fourth-order valence-corrected chi connectivity index (χ4v) is 1.95. The van der Waals surface area contributed by atoms with Crippen LogP contribution < -0.4 is 0 Å². The van der Waals surface area contributed by atoms with Crippen molar-refractivity contribution in [3.63, 3.8) is 0 Å². The van der Waals surface area contributed by atoms with Gasteiger partial charge in [0.15, 0.2) is 0 Å². The van der Waals surface area contributed by atoms with Gasteiger partial charge in [-0.2, -0.15) is 0 Å². The molecule has 0 fully saturated rings. The molecule has 0 spiro atoms. The summed E-state index contributed by atoms with van der Waals surface area (Å²) in [6.45, 7) is 2.10. The van der Waals surface area contributed by atoms with Gasteiger partial charge in [0, 0.05) is 29.5 Å². The molecule has 0 atom stereocenters. The summed E-state index contributed by atoms with van der Waals surface area (Å²) in [4.78, 5) is 8.57. The van der Waals surface area contributed by atoms with E-state index in [0.717, 1.165) is 16.5 Å². The van der Waals surface area contributed by atoms with Gasteiger partial charge >= 0.3 is 0 Å². The molecule has 17 heavy (non-hydrogen) atoms. The lowest BCUT2D eigenvalue weighted by atomic mass is 10.0. The van der Waals surface area contributed by atoms with E-state index in [-0.39, 0.29) is 0 Å². The third-order valence-electron chi connectivity index (χ3n) is 2.83. The van der Waals surface area contributed by atoms with Crippen molar-refractivity contribution in [1.29, 1.82) is 0 Å². The van der Waals surface area contributed by atoms with E-state index >= 15 is 0 Å². The predicted octanol–water partition coefficient (Wildman–Crippen LogP) is 3.61. The number of fused-ring (bicyclic) bond motifs is 1. The summed E-state index contributed by atoms with van der Waals surface area (Å²) in [6.07, 6.45) is 5.53. The average Bonchev–Trinajstić information content (AvgIpc) is 2.38. The maximum absolute atomic E-state index is 4.45. The maximum Gasteiger partial charge on any atom is 0.0733 e. The van der Waals surface area contributed by atoms with Crippen LogP contribution in [-0.4, -0.2) is 9.97 Å². The second kappa shape index (κ2) is 3.98. The minimum atomic E-state index is 0.983. The first-order chi connectivity index (χ1) is 8.33. The van der Waals surface area contributed by atoms with E-state index in [2.05, 4.69) is 47.2 Å². The van der Waals surface area contributed by atoms with Gasteiger partial charge in [-0.15, -0.1) is 0 Å². The van der Waals surface area contributed by atoms with Gasteiger partial charge in [-0.25, -0.2) is 0 Å². The highest BCUT2D eigenvalue weighted by atomic mass is 14.7. The van der Waals surface area contributed by atoms with Crippen LogP contribution in [0, 0.1) is 6.92 Å². The third-order valence-corrected chi connectivity index (χ3v) is 2.83. The van der Waals surface area contributed by atoms with Gasteiger partial charge in [0.05, 0.1) is 5.52 Å². The summed E-state index contributed by atoms with van der Waals surface area (Å²) in [5.74, 6) is 0. The van der Waals surface area contributed by atoms with Crippen LogP contribution in [0.15, 0.2) is 55.0 Å². The fourth-order valence-electron chi connectivity index (χ4n) is 1.95. The topological polar surface area (TPSA) is 25.8 Å². The van der Waals surface area contributed by atoms with Crippen molar-refractivity contribution >= 4 is 10.9 Å². The number of hydrogen-bond donors (Lipinski definition) is 0. The molecule has 0 aliphatic heterocycles. The molecule has 0 unspecified atom stereocenters. The largest absolute Gasteiger partial charge is 0.264 e. The molecule has 82 valence electrons. The molecule has 0 N–H and O–H groups in total. The fraction of sp³-hybridized carbons (Fsp3) is 0.0667. The molecule has 2 heterocycles. The van der Waals surface area contributed by atoms with Crippen molar-refractivity contribution in [1.82, 2.24) is 9.97 Å². The van der Waals surface area contributed by atoms with Crippen molar-refractivity contribution in [2.75, 3.05) is 0 Å². The Morgan fingerprint density at radius 1 is 0.941 bits per heavy atom. The lowest BCUT2D eigenvalue weighted by molar-refractivity contribution is 1.32. The number of aryl methyl sites for hydroxylation is 1. The van der Waals surface area contributed by atoms with Gasteiger partial charge in [0.1, 0.15) is 0 Å². The highest BCUT2D eigenvalue weighted by Gasteiger charge is 2.00. The van der Waals surface area contributed by atoms with Crippen LogP contribution in [0.25, 0.3) is 22.0 Å². The summed E-state index contributed by atoms with van der Waals surface area (Å²) in [7, 11) is 0. The van der Waals surface area contributed by atoms with Gasteiger partial charge in [0.2, 0.25) is 0 Å². The zero-order valence-corrected chi connectivity index (χ0v) is 9.59. The smallest absolute Gasteiger partial charge is 0.0733 e. The molecule has 2 aromatic heterocycles. The molecule has 0 saturated carbocycles. The molecule has 0 aliphatic carbocycles. The Balaban J connectivity index is 2.18. The van der Waals surface area contributed by atoms with Crippen molar-refractivity contribution in [2.24, 2.45) is 0 Å². The minimum Gasteiger partial charge on any atom is -0.264 e. The van der Waals surface area contributed by atoms with E-state index in [1.807, 2.05) is 18.5 Å². The highest BCUT2D eigenvalue weighted by Crippen LogP contribution is 2.22. The standard InChI is InChI=1S/C15H12N2/c1-11-3-2-4-12(7-11)13-8-14-9-16-6-5-15(14)17-10-13/h2-10H,1H3. The molecule has 3 rings (SSSR count). The lowest BCUT2D eigenvalue weighted by Gasteiger charge is -2.04. The molecule has 2 heteroatoms. The monoisotopic (exact) mass is 220 g/mol. The Kier molecular flexibility index (Phi) is 2.33. The van der Waals surface area contributed by atoms with Crippen molar-refractivity contribution < 1.29 is 0 Å². The summed E-state index contributed by atoms with van der Waals surface area (Å²) >= 11 is 0. The molecular formula is C15H12N2. The average molecular weight is 220 g/mol.